The van der Waals surface area contributed by atoms with Gasteiger partial charge in [-0.1, -0.05) is 12.8 Å². The summed E-state index contributed by atoms with van der Waals surface area (Å²) in [5.41, 5.74) is 5.00. The van der Waals surface area contributed by atoms with E-state index in [1.165, 1.54) is 32.2 Å². The second-order valence-electron chi connectivity index (χ2n) is 6.83. The van der Waals surface area contributed by atoms with Gasteiger partial charge in [0, 0.05) is 12.1 Å². The van der Waals surface area contributed by atoms with E-state index in [4.69, 9.17) is 5.73 Å². The zero-order valence-electron chi connectivity index (χ0n) is 13.7. The van der Waals surface area contributed by atoms with Gasteiger partial charge in [0.2, 0.25) is 5.91 Å². The van der Waals surface area contributed by atoms with Gasteiger partial charge >= 0.3 is 0 Å². The van der Waals surface area contributed by atoms with Crippen molar-refractivity contribution in [3.8, 4) is 0 Å². The van der Waals surface area contributed by atoms with E-state index < -0.39 is 5.54 Å². The minimum atomic E-state index is -0.580. The van der Waals surface area contributed by atoms with Crippen molar-refractivity contribution in [1.82, 2.24) is 10.2 Å². The van der Waals surface area contributed by atoms with Crippen LogP contribution in [0.2, 0.25) is 0 Å². The first-order valence-electron chi connectivity index (χ1n) is 8.17. The average molecular weight is 283 g/mol. The number of likely N-dealkylation sites (tertiary alicyclic amines) is 1. The highest BCUT2D eigenvalue weighted by atomic mass is 16.1. The number of amides is 1. The molecule has 1 rings (SSSR count). The predicted molar refractivity (Wildman–Crippen MR) is 84.6 cm³/mol. The third kappa shape index (κ3) is 5.41. The van der Waals surface area contributed by atoms with Crippen LogP contribution in [-0.4, -0.2) is 41.5 Å². The standard InChI is InChI=1S/C16H33N3O/c1-13(2)18-16(4,15(17)20)10-8-12-19-11-7-5-6-9-14(19)3/h13-14,18H,5-12H2,1-4H3,(H2,17,20). The van der Waals surface area contributed by atoms with Gasteiger partial charge in [0.15, 0.2) is 0 Å². The Kier molecular flexibility index (Phi) is 6.96. The van der Waals surface area contributed by atoms with Gasteiger partial charge in [-0.3, -0.25) is 4.79 Å². The van der Waals surface area contributed by atoms with Crippen molar-refractivity contribution in [2.75, 3.05) is 13.1 Å². The molecule has 4 nitrogen and oxygen atoms in total. The number of carbonyl (C=O) groups excluding carboxylic acids is 1. The fraction of sp³-hybridized carbons (Fsp3) is 0.938. The topological polar surface area (TPSA) is 58.4 Å². The molecular weight excluding hydrogens is 250 g/mol. The quantitative estimate of drug-likeness (QED) is 0.753. The van der Waals surface area contributed by atoms with Crippen molar-refractivity contribution >= 4 is 5.91 Å². The molecule has 0 aromatic heterocycles. The largest absolute Gasteiger partial charge is 0.368 e. The van der Waals surface area contributed by atoms with Crippen LogP contribution in [0.3, 0.4) is 0 Å². The molecule has 20 heavy (non-hydrogen) atoms. The number of carbonyl (C=O) groups is 1. The third-order valence-corrected chi connectivity index (χ3v) is 4.46. The van der Waals surface area contributed by atoms with Crippen molar-refractivity contribution in [3.05, 3.63) is 0 Å². The molecule has 0 aliphatic carbocycles. The fourth-order valence-corrected chi connectivity index (χ4v) is 3.21. The first-order valence-corrected chi connectivity index (χ1v) is 8.17. The lowest BCUT2D eigenvalue weighted by molar-refractivity contribution is -0.124. The average Bonchev–Trinajstić information content (AvgIpc) is 2.53. The minimum Gasteiger partial charge on any atom is -0.368 e. The van der Waals surface area contributed by atoms with Crippen LogP contribution >= 0.6 is 0 Å². The van der Waals surface area contributed by atoms with Gasteiger partial charge in [0.05, 0.1) is 5.54 Å². The van der Waals surface area contributed by atoms with E-state index >= 15 is 0 Å². The summed E-state index contributed by atoms with van der Waals surface area (Å²) >= 11 is 0. The summed E-state index contributed by atoms with van der Waals surface area (Å²) in [6.07, 6.45) is 7.15. The van der Waals surface area contributed by atoms with Crippen LogP contribution in [0.15, 0.2) is 0 Å². The molecular formula is C16H33N3O. The molecule has 2 unspecified atom stereocenters. The Hall–Kier alpha value is -0.610. The molecule has 0 radical (unpaired) electrons. The van der Waals surface area contributed by atoms with E-state index in [0.29, 0.717) is 6.04 Å². The highest BCUT2D eigenvalue weighted by Crippen LogP contribution is 2.19. The SMILES string of the molecule is CC(C)NC(C)(CCCN1CCCCCC1C)C(N)=O. The maximum atomic E-state index is 11.7. The number of nitrogens with one attached hydrogen (secondary N) is 1. The van der Waals surface area contributed by atoms with Crippen molar-refractivity contribution in [2.24, 2.45) is 5.73 Å². The van der Waals surface area contributed by atoms with Gasteiger partial charge in [-0.15, -0.1) is 0 Å². The molecule has 1 heterocycles. The Bertz CT molecular complexity index is 306. The van der Waals surface area contributed by atoms with Gasteiger partial charge in [0.1, 0.15) is 0 Å². The molecule has 0 spiro atoms. The van der Waals surface area contributed by atoms with E-state index in [2.05, 4.69) is 31.0 Å². The second-order valence-corrected chi connectivity index (χ2v) is 6.83. The first-order chi connectivity index (χ1) is 9.35. The molecule has 1 fully saturated rings. The summed E-state index contributed by atoms with van der Waals surface area (Å²) in [4.78, 5) is 14.3. The summed E-state index contributed by atoms with van der Waals surface area (Å²) in [6, 6.07) is 0.944. The van der Waals surface area contributed by atoms with E-state index in [1.807, 2.05) is 6.92 Å². The van der Waals surface area contributed by atoms with Crippen molar-refractivity contribution in [2.45, 2.75) is 83.8 Å². The predicted octanol–water partition coefficient (Wildman–Crippen LogP) is 2.27. The molecule has 1 aliphatic rings. The number of rotatable bonds is 7. The molecule has 0 bridgehead atoms. The molecule has 0 aromatic rings. The lowest BCUT2D eigenvalue weighted by Crippen LogP contribution is -2.55. The Morgan fingerprint density at radius 1 is 1.40 bits per heavy atom. The maximum Gasteiger partial charge on any atom is 0.237 e. The normalized spacial score (nSPS) is 24.4. The van der Waals surface area contributed by atoms with Crippen LogP contribution in [0, 0.1) is 0 Å². The lowest BCUT2D eigenvalue weighted by atomic mass is 9.93. The van der Waals surface area contributed by atoms with Gasteiger partial charge in [0.25, 0.3) is 0 Å². The second kappa shape index (κ2) is 7.99. The minimum absolute atomic E-state index is 0.241. The highest BCUT2D eigenvalue weighted by Gasteiger charge is 2.31. The van der Waals surface area contributed by atoms with E-state index in [0.717, 1.165) is 19.4 Å². The van der Waals surface area contributed by atoms with Crippen molar-refractivity contribution in [3.63, 3.8) is 0 Å². The highest BCUT2D eigenvalue weighted by molar-refractivity contribution is 5.84. The molecule has 118 valence electrons. The molecule has 1 saturated heterocycles. The number of nitrogens with two attached hydrogens (primary N) is 1. The van der Waals surface area contributed by atoms with E-state index in [1.54, 1.807) is 0 Å². The molecule has 0 aromatic carbocycles. The van der Waals surface area contributed by atoms with Crippen LogP contribution in [-0.2, 0) is 4.79 Å². The monoisotopic (exact) mass is 283 g/mol. The van der Waals surface area contributed by atoms with Gasteiger partial charge in [-0.25, -0.2) is 0 Å². The van der Waals surface area contributed by atoms with E-state index in [-0.39, 0.29) is 11.9 Å². The van der Waals surface area contributed by atoms with Crippen molar-refractivity contribution < 1.29 is 4.79 Å². The maximum absolute atomic E-state index is 11.7. The summed E-state index contributed by atoms with van der Waals surface area (Å²) in [6.45, 7) is 10.6. The first kappa shape index (κ1) is 17.4. The van der Waals surface area contributed by atoms with Gasteiger partial charge in [-0.05, 0) is 66.5 Å². The summed E-state index contributed by atoms with van der Waals surface area (Å²) < 4.78 is 0. The Morgan fingerprint density at radius 2 is 2.10 bits per heavy atom. The zero-order valence-corrected chi connectivity index (χ0v) is 13.7. The fourth-order valence-electron chi connectivity index (χ4n) is 3.21. The van der Waals surface area contributed by atoms with Crippen LogP contribution in [0.1, 0.15) is 66.2 Å². The van der Waals surface area contributed by atoms with E-state index in [9.17, 15) is 4.79 Å². The Balaban J connectivity index is 2.45. The molecule has 1 aliphatic heterocycles. The third-order valence-electron chi connectivity index (χ3n) is 4.46. The molecule has 3 N–H and O–H groups in total. The Labute approximate surface area is 124 Å². The molecule has 2 atom stereocenters. The molecule has 1 amide bonds. The molecule has 4 heteroatoms. The summed E-state index contributed by atoms with van der Waals surface area (Å²) in [7, 11) is 0. The van der Waals surface area contributed by atoms with Crippen LogP contribution in [0.5, 0.6) is 0 Å². The van der Waals surface area contributed by atoms with Crippen LogP contribution in [0.4, 0.5) is 0 Å². The number of hydrogen-bond acceptors (Lipinski definition) is 3. The zero-order chi connectivity index (χ0) is 15.2. The number of hydrogen-bond donors (Lipinski definition) is 2. The summed E-state index contributed by atoms with van der Waals surface area (Å²) in [5.74, 6) is -0.241. The van der Waals surface area contributed by atoms with Crippen LogP contribution < -0.4 is 11.1 Å². The van der Waals surface area contributed by atoms with Gasteiger partial charge < -0.3 is 16.0 Å². The van der Waals surface area contributed by atoms with Crippen molar-refractivity contribution in [1.29, 1.82) is 0 Å². The smallest absolute Gasteiger partial charge is 0.237 e. The summed E-state index contributed by atoms with van der Waals surface area (Å²) in [5, 5.41) is 3.32. The van der Waals surface area contributed by atoms with Gasteiger partial charge in [-0.2, -0.15) is 0 Å². The lowest BCUT2D eigenvalue weighted by Gasteiger charge is -2.32. The number of nitrogens with zero attached hydrogens (tertiary/aromatic N) is 1. The molecule has 0 saturated carbocycles. The Morgan fingerprint density at radius 3 is 2.70 bits per heavy atom. The van der Waals surface area contributed by atoms with Crippen LogP contribution in [0.25, 0.3) is 0 Å². The number of primary amides is 1.